The van der Waals surface area contributed by atoms with Crippen LogP contribution in [0.4, 0.5) is 5.69 Å². The molecular weight excluding hydrogens is 466 g/mol. The van der Waals surface area contributed by atoms with Crippen molar-refractivity contribution in [3.63, 3.8) is 0 Å². The molecule has 1 amide bonds. The van der Waals surface area contributed by atoms with Crippen LogP contribution >= 0.6 is 11.8 Å². The lowest BCUT2D eigenvalue weighted by Crippen LogP contribution is -2.25. The van der Waals surface area contributed by atoms with Gasteiger partial charge >= 0.3 is 0 Å². The summed E-state index contributed by atoms with van der Waals surface area (Å²) in [4.78, 5) is 30.9. The van der Waals surface area contributed by atoms with Crippen LogP contribution in [0, 0.1) is 6.92 Å². The molecule has 2 aromatic heterocycles. The molecule has 1 N–H and O–H groups in total. The molecule has 2 aromatic carbocycles. The number of para-hydroxylation sites is 1. The van der Waals surface area contributed by atoms with Crippen LogP contribution in [0.5, 0.6) is 5.75 Å². The van der Waals surface area contributed by atoms with Crippen LogP contribution < -0.4 is 15.6 Å². The van der Waals surface area contributed by atoms with Gasteiger partial charge in [0.1, 0.15) is 16.8 Å². The predicted molar refractivity (Wildman–Crippen MR) is 139 cm³/mol. The molecule has 184 valence electrons. The average Bonchev–Trinajstić information content (AvgIpc) is 3.21. The van der Waals surface area contributed by atoms with Crippen LogP contribution in [-0.2, 0) is 16.1 Å². The number of carbonyl (C=O) groups excluding carboxylic acids is 1. The van der Waals surface area contributed by atoms with Gasteiger partial charge in [-0.15, -0.1) is 0 Å². The summed E-state index contributed by atoms with van der Waals surface area (Å²) < 4.78 is 18.4. The zero-order chi connectivity index (χ0) is 24.9. The number of methoxy groups -OCH3 is 1. The SMILES string of the molecule is COc1ccc(C)cc1NC(=O)CSc1nc2c(oc3ccccc32)c(=O)n1CCCOC(C)C. The zero-order valence-electron chi connectivity index (χ0n) is 20.3. The second-order valence-corrected chi connectivity index (χ2v) is 9.38. The number of nitrogens with one attached hydrogen (secondary N) is 1. The van der Waals surface area contributed by atoms with Crippen molar-refractivity contribution in [3.05, 3.63) is 58.4 Å². The molecule has 0 unspecified atom stereocenters. The highest BCUT2D eigenvalue weighted by Gasteiger charge is 2.19. The lowest BCUT2D eigenvalue weighted by Gasteiger charge is -2.13. The molecule has 0 radical (unpaired) electrons. The summed E-state index contributed by atoms with van der Waals surface area (Å²) in [7, 11) is 1.56. The fourth-order valence-electron chi connectivity index (χ4n) is 3.74. The van der Waals surface area contributed by atoms with Gasteiger partial charge in [-0.05, 0) is 57.0 Å². The van der Waals surface area contributed by atoms with Crippen molar-refractivity contribution in [1.29, 1.82) is 0 Å². The molecule has 2 heterocycles. The first-order valence-electron chi connectivity index (χ1n) is 11.5. The number of carbonyl (C=O) groups is 1. The summed E-state index contributed by atoms with van der Waals surface area (Å²) in [5, 5.41) is 4.13. The number of aryl methyl sites for hydroxylation is 1. The van der Waals surface area contributed by atoms with Crippen molar-refractivity contribution in [1.82, 2.24) is 9.55 Å². The summed E-state index contributed by atoms with van der Waals surface area (Å²) in [6.45, 7) is 6.80. The Morgan fingerprint density at radius 3 is 2.80 bits per heavy atom. The Bertz CT molecular complexity index is 1410. The normalized spacial score (nSPS) is 11.5. The number of nitrogens with zero attached hydrogens (tertiary/aromatic N) is 2. The van der Waals surface area contributed by atoms with Crippen LogP contribution in [0.3, 0.4) is 0 Å². The van der Waals surface area contributed by atoms with Crippen molar-refractivity contribution < 1.29 is 18.7 Å². The number of hydrogen-bond acceptors (Lipinski definition) is 7. The lowest BCUT2D eigenvalue weighted by molar-refractivity contribution is -0.113. The minimum absolute atomic E-state index is 0.0767. The van der Waals surface area contributed by atoms with Gasteiger partial charge in [-0.2, -0.15) is 0 Å². The quantitative estimate of drug-likeness (QED) is 0.188. The highest BCUT2D eigenvalue weighted by atomic mass is 32.2. The standard InChI is InChI=1S/C26H29N3O5S/c1-16(2)33-13-7-12-29-25(31)24-23(18-8-5-6-9-20(18)34-24)28-26(29)35-15-22(30)27-19-14-17(3)10-11-21(19)32-4/h5-6,8-11,14,16H,7,12-13,15H2,1-4H3,(H,27,30). The fourth-order valence-corrected chi connectivity index (χ4v) is 4.56. The number of anilines is 1. The van der Waals surface area contributed by atoms with Crippen molar-refractivity contribution in [3.8, 4) is 5.75 Å². The molecule has 0 bridgehead atoms. The Balaban J connectivity index is 1.61. The molecule has 0 aliphatic carbocycles. The van der Waals surface area contributed by atoms with Gasteiger partial charge in [-0.3, -0.25) is 14.2 Å². The zero-order valence-corrected chi connectivity index (χ0v) is 21.1. The van der Waals surface area contributed by atoms with Gasteiger partial charge in [0.2, 0.25) is 11.5 Å². The Morgan fingerprint density at radius 1 is 1.23 bits per heavy atom. The summed E-state index contributed by atoms with van der Waals surface area (Å²) in [5.74, 6) is 0.438. The van der Waals surface area contributed by atoms with Crippen molar-refractivity contribution in [2.75, 3.05) is 24.8 Å². The summed E-state index contributed by atoms with van der Waals surface area (Å²) in [6, 6.07) is 13.0. The molecule has 0 atom stereocenters. The Hall–Kier alpha value is -3.30. The highest BCUT2D eigenvalue weighted by molar-refractivity contribution is 7.99. The first kappa shape index (κ1) is 24.8. The molecule has 0 fully saturated rings. The number of hydrogen-bond donors (Lipinski definition) is 1. The first-order chi connectivity index (χ1) is 16.9. The van der Waals surface area contributed by atoms with E-state index in [-0.39, 0.29) is 28.9 Å². The number of ether oxygens (including phenoxy) is 2. The minimum Gasteiger partial charge on any atom is -0.495 e. The van der Waals surface area contributed by atoms with Gasteiger partial charge in [0, 0.05) is 18.5 Å². The molecule has 0 spiro atoms. The molecule has 4 rings (SSSR count). The number of amides is 1. The van der Waals surface area contributed by atoms with E-state index >= 15 is 0 Å². The first-order valence-corrected chi connectivity index (χ1v) is 12.5. The summed E-state index contributed by atoms with van der Waals surface area (Å²) in [6.07, 6.45) is 0.741. The molecule has 4 aromatic rings. The highest BCUT2D eigenvalue weighted by Crippen LogP contribution is 2.28. The summed E-state index contributed by atoms with van der Waals surface area (Å²) >= 11 is 1.21. The second-order valence-electron chi connectivity index (χ2n) is 8.44. The van der Waals surface area contributed by atoms with Crippen LogP contribution in [-0.4, -0.2) is 41.0 Å². The minimum atomic E-state index is -0.265. The van der Waals surface area contributed by atoms with E-state index in [1.165, 1.54) is 11.8 Å². The van der Waals surface area contributed by atoms with Gasteiger partial charge in [0.05, 0.1) is 24.7 Å². The van der Waals surface area contributed by atoms with Gasteiger partial charge < -0.3 is 19.2 Å². The number of fused-ring (bicyclic) bond motifs is 3. The smallest absolute Gasteiger partial charge is 0.297 e. The van der Waals surface area contributed by atoms with E-state index in [2.05, 4.69) is 5.32 Å². The van der Waals surface area contributed by atoms with Gasteiger partial charge in [-0.1, -0.05) is 30.0 Å². The molecule has 0 aliphatic rings. The molecule has 8 nitrogen and oxygen atoms in total. The topological polar surface area (TPSA) is 95.6 Å². The molecule has 0 aliphatic heterocycles. The Morgan fingerprint density at radius 2 is 2.03 bits per heavy atom. The third-order valence-corrected chi connectivity index (χ3v) is 6.36. The van der Waals surface area contributed by atoms with Crippen LogP contribution in [0.2, 0.25) is 0 Å². The predicted octanol–water partition coefficient (Wildman–Crippen LogP) is 5.01. The maximum atomic E-state index is 13.4. The van der Waals surface area contributed by atoms with Crippen LogP contribution in [0.1, 0.15) is 25.8 Å². The Kier molecular flexibility index (Phi) is 7.77. The maximum absolute atomic E-state index is 13.4. The molecule has 0 saturated heterocycles. The van der Waals surface area contributed by atoms with E-state index in [4.69, 9.17) is 18.9 Å². The van der Waals surface area contributed by atoms with E-state index in [1.807, 2.05) is 63.2 Å². The van der Waals surface area contributed by atoms with Gasteiger partial charge in [-0.25, -0.2) is 4.98 Å². The molecular formula is C26H29N3O5S. The molecule has 35 heavy (non-hydrogen) atoms. The average molecular weight is 496 g/mol. The van der Waals surface area contributed by atoms with E-state index in [9.17, 15) is 9.59 Å². The largest absolute Gasteiger partial charge is 0.495 e. The lowest BCUT2D eigenvalue weighted by atomic mass is 10.2. The van der Waals surface area contributed by atoms with Crippen LogP contribution in [0.15, 0.2) is 56.8 Å². The van der Waals surface area contributed by atoms with Gasteiger partial charge in [0.15, 0.2) is 5.16 Å². The van der Waals surface area contributed by atoms with E-state index in [0.717, 1.165) is 10.9 Å². The second kappa shape index (κ2) is 11.0. The summed E-state index contributed by atoms with van der Waals surface area (Å²) in [5.41, 5.74) is 2.67. The number of thioether (sulfide) groups is 1. The number of furan rings is 1. The van der Waals surface area contributed by atoms with E-state index in [1.54, 1.807) is 11.7 Å². The van der Waals surface area contributed by atoms with Crippen molar-refractivity contribution in [2.45, 2.75) is 45.0 Å². The Labute approximate surface area is 207 Å². The fraction of sp³-hybridized carbons (Fsp3) is 0.346. The van der Waals surface area contributed by atoms with Crippen molar-refractivity contribution in [2.24, 2.45) is 0 Å². The monoisotopic (exact) mass is 495 g/mol. The van der Waals surface area contributed by atoms with Crippen LogP contribution in [0.25, 0.3) is 22.1 Å². The van der Waals surface area contributed by atoms with E-state index < -0.39 is 0 Å². The maximum Gasteiger partial charge on any atom is 0.297 e. The third kappa shape index (κ3) is 5.68. The van der Waals surface area contributed by atoms with E-state index in [0.29, 0.717) is 47.3 Å². The number of aromatic nitrogens is 2. The molecule has 9 heteroatoms. The molecule has 0 saturated carbocycles. The van der Waals surface area contributed by atoms with Crippen molar-refractivity contribution >= 4 is 45.4 Å². The third-order valence-electron chi connectivity index (χ3n) is 5.39. The van der Waals surface area contributed by atoms with Gasteiger partial charge in [0.25, 0.3) is 5.56 Å². The number of benzene rings is 2. The number of rotatable bonds is 10.